The Bertz CT molecular complexity index is 1550. The summed E-state index contributed by atoms with van der Waals surface area (Å²) in [7, 11) is -3.82. The van der Waals surface area contributed by atoms with Crippen LogP contribution in [0.5, 0.6) is 0 Å². The molecule has 0 saturated carbocycles. The van der Waals surface area contributed by atoms with Crippen molar-refractivity contribution in [3.63, 3.8) is 0 Å². The first-order valence-corrected chi connectivity index (χ1v) is 15.5. The van der Waals surface area contributed by atoms with Gasteiger partial charge in [-0.25, -0.2) is 13.1 Å². The Labute approximate surface area is 244 Å². The molecule has 5 aromatic carbocycles. The first-order chi connectivity index (χ1) is 20.0. The van der Waals surface area contributed by atoms with Crippen molar-refractivity contribution < 1.29 is 8.42 Å². The molecule has 208 valence electrons. The Morgan fingerprint density at radius 3 is 1.51 bits per heavy atom. The first kappa shape index (κ1) is 28.5. The molecule has 0 spiro atoms. The highest BCUT2D eigenvalue weighted by molar-refractivity contribution is 7.89. The molecule has 0 fully saturated rings. The summed E-state index contributed by atoms with van der Waals surface area (Å²) < 4.78 is 30.9. The minimum atomic E-state index is -3.82. The van der Waals surface area contributed by atoms with E-state index in [1.807, 2.05) is 79.7 Å². The van der Waals surface area contributed by atoms with E-state index < -0.39 is 16.1 Å². The molecule has 2 atom stereocenters. The maximum Gasteiger partial charge on any atom is 0.241 e. The second-order valence-electron chi connectivity index (χ2n) is 10.5. The lowest BCUT2D eigenvalue weighted by atomic mass is 9.92. The summed E-state index contributed by atoms with van der Waals surface area (Å²) in [6.45, 7) is 3.29. The van der Waals surface area contributed by atoms with Gasteiger partial charge in [0.2, 0.25) is 10.0 Å². The van der Waals surface area contributed by atoms with Crippen molar-refractivity contribution in [3.05, 3.63) is 173 Å². The van der Waals surface area contributed by atoms with Crippen LogP contribution in [0.1, 0.15) is 33.9 Å². The third kappa shape index (κ3) is 7.80. The van der Waals surface area contributed by atoms with Gasteiger partial charge in [-0.15, -0.1) is 0 Å². The number of nitrogens with one attached hydrogen (secondary N) is 1. The third-order valence-corrected chi connectivity index (χ3v) is 8.83. The van der Waals surface area contributed by atoms with Crippen LogP contribution in [-0.2, 0) is 29.5 Å². The highest BCUT2D eigenvalue weighted by Crippen LogP contribution is 2.29. The molecule has 5 rings (SSSR count). The van der Waals surface area contributed by atoms with Crippen LogP contribution in [0, 0.1) is 6.92 Å². The number of nitrogens with zero attached hydrogens (tertiary/aromatic N) is 1. The van der Waals surface area contributed by atoms with Gasteiger partial charge < -0.3 is 0 Å². The topological polar surface area (TPSA) is 49.4 Å². The molecular formula is C36H36N2O2S. The highest BCUT2D eigenvalue weighted by atomic mass is 32.2. The van der Waals surface area contributed by atoms with Crippen molar-refractivity contribution in [2.75, 3.05) is 0 Å². The normalized spacial score (nSPS) is 13.1. The summed E-state index contributed by atoms with van der Waals surface area (Å²) >= 11 is 0. The van der Waals surface area contributed by atoms with Crippen LogP contribution in [0.25, 0.3) is 0 Å². The number of aryl methyl sites for hydroxylation is 1. The minimum absolute atomic E-state index is 0.194. The van der Waals surface area contributed by atoms with Crippen molar-refractivity contribution in [1.82, 2.24) is 9.62 Å². The van der Waals surface area contributed by atoms with E-state index in [4.69, 9.17) is 0 Å². The third-order valence-electron chi connectivity index (χ3n) is 7.37. The van der Waals surface area contributed by atoms with Gasteiger partial charge in [0.25, 0.3) is 0 Å². The smallest absolute Gasteiger partial charge is 0.241 e. The molecule has 4 nitrogen and oxygen atoms in total. The monoisotopic (exact) mass is 560 g/mol. The fraction of sp³-hybridized carbons (Fsp3) is 0.167. The Morgan fingerprint density at radius 1 is 0.585 bits per heavy atom. The maximum absolute atomic E-state index is 13.9. The summed E-state index contributed by atoms with van der Waals surface area (Å²) in [5.74, 6) is 0. The summed E-state index contributed by atoms with van der Waals surface area (Å²) in [6, 6.07) is 47.4. The largest absolute Gasteiger partial charge is 0.290 e. The average Bonchev–Trinajstić information content (AvgIpc) is 3.01. The number of hydrogen-bond donors (Lipinski definition) is 1. The Hall–Kier alpha value is -4.03. The molecule has 0 unspecified atom stereocenters. The van der Waals surface area contributed by atoms with Gasteiger partial charge in [-0.2, -0.15) is 0 Å². The molecule has 0 heterocycles. The van der Waals surface area contributed by atoms with Gasteiger partial charge in [0.15, 0.2) is 0 Å². The fourth-order valence-electron chi connectivity index (χ4n) is 5.22. The minimum Gasteiger partial charge on any atom is -0.290 e. The molecule has 0 aromatic heterocycles. The van der Waals surface area contributed by atoms with E-state index in [-0.39, 0.29) is 10.9 Å². The predicted octanol–water partition coefficient (Wildman–Crippen LogP) is 7.33. The zero-order valence-electron chi connectivity index (χ0n) is 23.3. The molecule has 1 N–H and O–H groups in total. The van der Waals surface area contributed by atoms with Crippen LogP contribution in [-0.4, -0.2) is 19.4 Å². The summed E-state index contributed by atoms with van der Waals surface area (Å²) in [6.07, 6.45) is 0.663. The summed E-state index contributed by atoms with van der Waals surface area (Å²) in [5.41, 5.74) is 5.45. The molecule has 0 saturated heterocycles. The van der Waals surface area contributed by atoms with E-state index in [1.54, 1.807) is 12.1 Å². The van der Waals surface area contributed by atoms with Crippen LogP contribution < -0.4 is 4.72 Å². The van der Waals surface area contributed by atoms with Gasteiger partial charge in [0, 0.05) is 19.1 Å². The van der Waals surface area contributed by atoms with Crippen molar-refractivity contribution >= 4 is 10.0 Å². The number of benzene rings is 5. The predicted molar refractivity (Wildman–Crippen MR) is 167 cm³/mol. The van der Waals surface area contributed by atoms with Crippen LogP contribution in [0.15, 0.2) is 150 Å². The lowest BCUT2D eigenvalue weighted by Gasteiger charge is -2.38. The van der Waals surface area contributed by atoms with Gasteiger partial charge in [0.05, 0.1) is 10.9 Å². The maximum atomic E-state index is 13.9. The number of sulfonamides is 1. The highest BCUT2D eigenvalue weighted by Gasteiger charge is 2.33. The molecule has 0 aliphatic carbocycles. The molecule has 5 heteroatoms. The van der Waals surface area contributed by atoms with Crippen LogP contribution >= 0.6 is 0 Å². The molecule has 0 aliphatic rings. The lowest BCUT2D eigenvalue weighted by molar-refractivity contribution is 0.146. The second kappa shape index (κ2) is 13.6. The van der Waals surface area contributed by atoms with E-state index in [0.29, 0.717) is 19.5 Å². The zero-order chi connectivity index (χ0) is 28.5. The molecule has 0 radical (unpaired) electrons. The fourth-order valence-corrected chi connectivity index (χ4v) is 6.48. The molecule has 5 aromatic rings. The molecule has 0 bridgehead atoms. The van der Waals surface area contributed by atoms with Crippen molar-refractivity contribution in [2.45, 2.75) is 43.4 Å². The van der Waals surface area contributed by atoms with Crippen molar-refractivity contribution in [1.29, 1.82) is 0 Å². The Balaban J connectivity index is 1.62. The summed E-state index contributed by atoms with van der Waals surface area (Å²) in [5, 5.41) is 0. The zero-order valence-corrected chi connectivity index (χ0v) is 24.1. The standard InChI is InChI=1S/C36H36N2O2S/c1-29-22-24-34(25-23-29)41(39,40)37-36(33-20-12-5-13-21-33)35(26-30-14-6-2-7-15-30)38(27-31-16-8-3-9-17-31)28-32-18-10-4-11-19-32/h2-25,35-37H,26-28H2,1H3/t35-,36+/m0/s1. The van der Waals surface area contributed by atoms with E-state index in [0.717, 1.165) is 16.7 Å². The van der Waals surface area contributed by atoms with E-state index in [9.17, 15) is 8.42 Å². The van der Waals surface area contributed by atoms with E-state index in [2.05, 4.69) is 70.3 Å². The second-order valence-corrected chi connectivity index (χ2v) is 12.2. The number of hydrogen-bond acceptors (Lipinski definition) is 3. The van der Waals surface area contributed by atoms with Gasteiger partial charge in [-0.05, 0) is 47.7 Å². The van der Waals surface area contributed by atoms with Gasteiger partial charge in [-0.1, -0.05) is 139 Å². The lowest BCUT2D eigenvalue weighted by Crippen LogP contribution is -2.47. The van der Waals surface area contributed by atoms with Crippen LogP contribution in [0.3, 0.4) is 0 Å². The number of rotatable bonds is 12. The van der Waals surface area contributed by atoms with Gasteiger partial charge in [0.1, 0.15) is 0 Å². The SMILES string of the molecule is Cc1ccc(S(=O)(=O)N[C@H](c2ccccc2)[C@H](Cc2ccccc2)N(Cc2ccccc2)Cc2ccccc2)cc1. The van der Waals surface area contributed by atoms with Gasteiger partial charge >= 0.3 is 0 Å². The molecular weight excluding hydrogens is 524 g/mol. The Kier molecular flexibility index (Phi) is 9.42. The molecule has 0 amide bonds. The van der Waals surface area contributed by atoms with Crippen molar-refractivity contribution in [3.8, 4) is 0 Å². The van der Waals surface area contributed by atoms with Crippen LogP contribution in [0.2, 0.25) is 0 Å². The molecule has 41 heavy (non-hydrogen) atoms. The quantitative estimate of drug-likeness (QED) is 0.174. The van der Waals surface area contributed by atoms with E-state index in [1.165, 1.54) is 11.1 Å². The van der Waals surface area contributed by atoms with E-state index >= 15 is 0 Å². The molecule has 0 aliphatic heterocycles. The van der Waals surface area contributed by atoms with Gasteiger partial charge in [-0.3, -0.25) is 4.90 Å². The average molecular weight is 561 g/mol. The van der Waals surface area contributed by atoms with Crippen LogP contribution in [0.4, 0.5) is 0 Å². The Morgan fingerprint density at radius 2 is 1.02 bits per heavy atom. The first-order valence-electron chi connectivity index (χ1n) is 14.0. The summed E-state index contributed by atoms with van der Waals surface area (Å²) in [4.78, 5) is 2.67. The van der Waals surface area contributed by atoms with Crippen molar-refractivity contribution in [2.24, 2.45) is 0 Å².